The van der Waals surface area contributed by atoms with Gasteiger partial charge in [0, 0.05) is 37.5 Å². The largest absolute Gasteiger partial charge is 0.493 e. The van der Waals surface area contributed by atoms with Crippen molar-refractivity contribution in [2.45, 2.75) is 13.0 Å². The highest BCUT2D eigenvalue weighted by atomic mass is 16.5. The molecule has 0 spiro atoms. The number of carbonyl (C=O) groups is 1. The molecule has 0 saturated heterocycles. The SMILES string of the molecule is COC[C@H](C)Oc1cc(/C=C/c2cccc(OC)c2OC)cc(C(=O)Nc2ccn(C)n2)c1. The zero-order valence-corrected chi connectivity index (χ0v) is 19.5. The minimum absolute atomic E-state index is 0.181. The first-order valence-electron chi connectivity index (χ1n) is 10.4. The molecule has 0 aliphatic heterocycles. The molecular weight excluding hydrogens is 422 g/mol. The van der Waals surface area contributed by atoms with Crippen molar-refractivity contribution in [3.05, 3.63) is 65.4 Å². The molecule has 0 unspecified atom stereocenters. The Balaban J connectivity index is 1.93. The first kappa shape index (κ1) is 23.9. The second kappa shape index (κ2) is 11.2. The van der Waals surface area contributed by atoms with Crippen LogP contribution >= 0.6 is 0 Å². The van der Waals surface area contributed by atoms with Crippen LogP contribution in [-0.2, 0) is 11.8 Å². The number of carbonyl (C=O) groups excluding carboxylic acids is 1. The zero-order chi connectivity index (χ0) is 23.8. The number of nitrogens with one attached hydrogen (secondary N) is 1. The summed E-state index contributed by atoms with van der Waals surface area (Å²) in [5.41, 5.74) is 2.07. The molecule has 1 aromatic heterocycles. The highest BCUT2D eigenvalue weighted by molar-refractivity contribution is 6.04. The number of benzene rings is 2. The number of amides is 1. The molecule has 3 aromatic rings. The maximum atomic E-state index is 12.9. The van der Waals surface area contributed by atoms with Gasteiger partial charge in [0.15, 0.2) is 17.3 Å². The van der Waals surface area contributed by atoms with E-state index in [2.05, 4.69) is 10.4 Å². The van der Waals surface area contributed by atoms with E-state index in [-0.39, 0.29) is 12.0 Å². The van der Waals surface area contributed by atoms with E-state index in [0.29, 0.717) is 35.2 Å². The summed E-state index contributed by atoms with van der Waals surface area (Å²) in [7, 11) is 6.60. The van der Waals surface area contributed by atoms with E-state index >= 15 is 0 Å². The number of nitrogens with zero attached hydrogens (tertiary/aromatic N) is 2. The van der Waals surface area contributed by atoms with E-state index in [9.17, 15) is 4.79 Å². The van der Waals surface area contributed by atoms with Gasteiger partial charge >= 0.3 is 0 Å². The van der Waals surface area contributed by atoms with E-state index in [1.807, 2.05) is 43.3 Å². The van der Waals surface area contributed by atoms with Gasteiger partial charge in [0.2, 0.25) is 0 Å². The van der Waals surface area contributed by atoms with Crippen LogP contribution in [0.5, 0.6) is 17.2 Å². The summed E-state index contributed by atoms with van der Waals surface area (Å²) >= 11 is 0. The van der Waals surface area contributed by atoms with Gasteiger partial charge in [0.1, 0.15) is 11.9 Å². The highest BCUT2D eigenvalue weighted by Gasteiger charge is 2.13. The molecule has 2 aromatic carbocycles. The lowest BCUT2D eigenvalue weighted by Crippen LogP contribution is -2.19. The fraction of sp³-hybridized carbons (Fsp3) is 0.280. The molecule has 8 nitrogen and oxygen atoms in total. The predicted octanol–water partition coefficient (Wildman–Crippen LogP) is 4.27. The number of aryl methyl sites for hydroxylation is 1. The van der Waals surface area contributed by atoms with Gasteiger partial charge in [0.05, 0.1) is 20.8 Å². The van der Waals surface area contributed by atoms with Crippen LogP contribution < -0.4 is 19.5 Å². The molecule has 0 bridgehead atoms. The van der Waals surface area contributed by atoms with Crippen LogP contribution in [-0.4, -0.2) is 49.7 Å². The van der Waals surface area contributed by atoms with E-state index in [0.717, 1.165) is 11.1 Å². The molecule has 3 rings (SSSR count). The molecule has 0 aliphatic carbocycles. The third-order valence-corrected chi connectivity index (χ3v) is 4.77. The lowest BCUT2D eigenvalue weighted by Gasteiger charge is -2.15. The molecule has 0 fully saturated rings. The molecule has 1 amide bonds. The lowest BCUT2D eigenvalue weighted by atomic mass is 10.1. The molecule has 174 valence electrons. The lowest BCUT2D eigenvalue weighted by molar-refractivity contribution is 0.0917. The molecule has 1 N–H and O–H groups in total. The average molecular weight is 452 g/mol. The molecule has 1 heterocycles. The number of para-hydroxylation sites is 1. The van der Waals surface area contributed by atoms with Gasteiger partial charge in [-0.3, -0.25) is 9.48 Å². The molecule has 8 heteroatoms. The Kier molecular flexibility index (Phi) is 8.10. The van der Waals surface area contributed by atoms with Crippen molar-refractivity contribution in [1.29, 1.82) is 0 Å². The summed E-state index contributed by atoms with van der Waals surface area (Å²) in [6.45, 7) is 2.33. The number of anilines is 1. The minimum Gasteiger partial charge on any atom is -0.493 e. The van der Waals surface area contributed by atoms with Crippen molar-refractivity contribution in [2.24, 2.45) is 7.05 Å². The second-order valence-electron chi connectivity index (χ2n) is 7.42. The quantitative estimate of drug-likeness (QED) is 0.464. The van der Waals surface area contributed by atoms with Crippen molar-refractivity contribution in [1.82, 2.24) is 9.78 Å². The number of rotatable bonds is 10. The summed E-state index contributed by atoms with van der Waals surface area (Å²) in [4.78, 5) is 12.9. The monoisotopic (exact) mass is 451 g/mol. The van der Waals surface area contributed by atoms with Gasteiger partial charge in [-0.2, -0.15) is 5.10 Å². The summed E-state index contributed by atoms with van der Waals surface area (Å²) in [5, 5.41) is 7.01. The molecule has 1 atom stereocenters. The van der Waals surface area contributed by atoms with E-state index in [1.54, 1.807) is 57.5 Å². The van der Waals surface area contributed by atoms with E-state index in [1.165, 1.54) is 0 Å². The number of hydrogen-bond acceptors (Lipinski definition) is 6. The van der Waals surface area contributed by atoms with Crippen LogP contribution in [0.1, 0.15) is 28.4 Å². The van der Waals surface area contributed by atoms with Crippen LogP contribution in [0.15, 0.2) is 48.7 Å². The number of methoxy groups -OCH3 is 3. The van der Waals surface area contributed by atoms with E-state index < -0.39 is 0 Å². The Labute approximate surface area is 193 Å². The van der Waals surface area contributed by atoms with E-state index in [4.69, 9.17) is 18.9 Å². The molecule has 0 saturated carbocycles. The molecule has 0 aliphatic rings. The number of aromatic nitrogens is 2. The van der Waals surface area contributed by atoms with Gasteiger partial charge in [-0.25, -0.2) is 0 Å². The first-order valence-corrected chi connectivity index (χ1v) is 10.4. The summed E-state index contributed by atoms with van der Waals surface area (Å²) in [6, 6.07) is 12.7. The van der Waals surface area contributed by atoms with Crippen molar-refractivity contribution < 1.29 is 23.7 Å². The summed E-state index contributed by atoms with van der Waals surface area (Å²) in [5.74, 6) is 2.02. The fourth-order valence-electron chi connectivity index (χ4n) is 3.32. The van der Waals surface area contributed by atoms with Crippen molar-refractivity contribution in [3.63, 3.8) is 0 Å². The Morgan fingerprint density at radius 1 is 1.12 bits per heavy atom. The standard InChI is InChI=1S/C25H29N3O5/c1-17(16-30-3)33-21-14-18(9-10-19-7-6-8-22(31-4)24(19)32-5)13-20(15-21)25(29)26-23-11-12-28(2)27-23/h6-15,17H,16H2,1-5H3,(H,26,27,29)/b10-9+/t17-/m0/s1. The predicted molar refractivity (Wildman–Crippen MR) is 128 cm³/mol. The maximum absolute atomic E-state index is 12.9. The maximum Gasteiger partial charge on any atom is 0.257 e. The summed E-state index contributed by atoms with van der Waals surface area (Å²) < 4.78 is 23.6. The van der Waals surface area contributed by atoms with Crippen LogP contribution in [0.4, 0.5) is 5.82 Å². The van der Waals surface area contributed by atoms with Gasteiger partial charge in [0.25, 0.3) is 5.91 Å². The Bertz CT molecular complexity index is 1120. The van der Waals surface area contributed by atoms with Gasteiger partial charge in [-0.1, -0.05) is 24.3 Å². The van der Waals surface area contributed by atoms with Gasteiger partial charge in [-0.15, -0.1) is 0 Å². The van der Waals surface area contributed by atoms with Crippen LogP contribution in [0, 0.1) is 0 Å². The van der Waals surface area contributed by atoms with Crippen molar-refractivity contribution >= 4 is 23.9 Å². The average Bonchev–Trinajstić information content (AvgIpc) is 3.21. The third-order valence-electron chi connectivity index (χ3n) is 4.77. The normalized spacial score (nSPS) is 11.9. The van der Waals surface area contributed by atoms with Crippen LogP contribution in [0.2, 0.25) is 0 Å². The second-order valence-corrected chi connectivity index (χ2v) is 7.42. The van der Waals surface area contributed by atoms with Crippen LogP contribution in [0.25, 0.3) is 12.2 Å². The zero-order valence-electron chi connectivity index (χ0n) is 19.5. The summed E-state index contributed by atoms with van der Waals surface area (Å²) in [6.07, 6.45) is 5.37. The highest BCUT2D eigenvalue weighted by Crippen LogP contribution is 2.32. The van der Waals surface area contributed by atoms with Gasteiger partial charge in [-0.05, 0) is 36.8 Å². The number of ether oxygens (including phenoxy) is 4. The van der Waals surface area contributed by atoms with Crippen LogP contribution in [0.3, 0.4) is 0 Å². The molecule has 0 radical (unpaired) electrons. The Morgan fingerprint density at radius 3 is 2.61 bits per heavy atom. The molecular formula is C25H29N3O5. The van der Waals surface area contributed by atoms with Gasteiger partial charge < -0.3 is 24.3 Å². The van der Waals surface area contributed by atoms with Crippen molar-refractivity contribution in [2.75, 3.05) is 33.3 Å². The van der Waals surface area contributed by atoms with Crippen molar-refractivity contribution in [3.8, 4) is 17.2 Å². The fourth-order valence-corrected chi connectivity index (χ4v) is 3.32. The minimum atomic E-state index is -0.285. The third kappa shape index (κ3) is 6.36. The number of hydrogen-bond donors (Lipinski definition) is 1. The first-order chi connectivity index (χ1) is 15.9. The smallest absolute Gasteiger partial charge is 0.257 e. The Hall–Kier alpha value is -3.78. The topological polar surface area (TPSA) is 83.8 Å². The molecule has 33 heavy (non-hydrogen) atoms. The Morgan fingerprint density at radius 2 is 1.94 bits per heavy atom.